The van der Waals surface area contributed by atoms with Gasteiger partial charge in [0.05, 0.1) is 11.7 Å². The van der Waals surface area contributed by atoms with Crippen molar-refractivity contribution in [2.75, 3.05) is 0 Å². The molecule has 0 fully saturated rings. The fraction of sp³-hybridized carbons (Fsp3) is 0.500. The van der Waals surface area contributed by atoms with E-state index in [0.717, 1.165) is 16.4 Å². The Morgan fingerprint density at radius 2 is 2.09 bits per heavy atom. The summed E-state index contributed by atoms with van der Waals surface area (Å²) in [5, 5.41) is 10.3. The number of carbonyl (C=O) groups excluding carboxylic acids is 1. The first-order chi connectivity index (χ1) is 10.7. The molecule has 2 aromatic rings. The highest BCUT2D eigenvalue weighted by atomic mass is 19.4. The number of hydrogen-bond donors (Lipinski definition) is 1. The third kappa shape index (κ3) is 3.91. The standard InChI is InChI=1S/C14H18F3N5O/c1-4-21-11(5-6-18-21)10(3)19-13(23)8-22-9(2)7-12(20-22)14(15,16)17/h5-7,10H,4,8H2,1-3H3,(H,19,23). The minimum absolute atomic E-state index is 0.271. The number of rotatable bonds is 5. The zero-order valence-electron chi connectivity index (χ0n) is 13.1. The Labute approximate surface area is 131 Å². The number of halogens is 3. The lowest BCUT2D eigenvalue weighted by Crippen LogP contribution is -2.32. The molecule has 2 heterocycles. The van der Waals surface area contributed by atoms with Gasteiger partial charge in [-0.25, -0.2) is 0 Å². The summed E-state index contributed by atoms with van der Waals surface area (Å²) >= 11 is 0. The van der Waals surface area contributed by atoms with Crippen molar-refractivity contribution in [2.45, 2.75) is 46.1 Å². The highest BCUT2D eigenvalue weighted by Crippen LogP contribution is 2.28. The molecular formula is C14H18F3N5O. The molecular weight excluding hydrogens is 311 g/mol. The van der Waals surface area contributed by atoms with E-state index in [-0.39, 0.29) is 18.3 Å². The minimum atomic E-state index is -4.52. The van der Waals surface area contributed by atoms with Gasteiger partial charge in [-0.3, -0.25) is 14.2 Å². The van der Waals surface area contributed by atoms with Crippen LogP contribution in [0.15, 0.2) is 18.3 Å². The number of nitrogens with zero attached hydrogens (tertiary/aromatic N) is 4. The highest BCUT2D eigenvalue weighted by molar-refractivity contribution is 5.76. The molecule has 9 heteroatoms. The van der Waals surface area contributed by atoms with Crippen LogP contribution in [0.4, 0.5) is 13.2 Å². The van der Waals surface area contributed by atoms with Crippen molar-refractivity contribution in [3.8, 4) is 0 Å². The minimum Gasteiger partial charge on any atom is -0.346 e. The van der Waals surface area contributed by atoms with E-state index in [1.54, 1.807) is 23.9 Å². The third-order valence-corrected chi connectivity index (χ3v) is 3.44. The molecule has 0 aliphatic heterocycles. The first kappa shape index (κ1) is 17.0. The van der Waals surface area contributed by atoms with Gasteiger partial charge in [0.1, 0.15) is 6.54 Å². The molecule has 23 heavy (non-hydrogen) atoms. The number of aromatic nitrogens is 4. The van der Waals surface area contributed by atoms with Crippen molar-refractivity contribution in [2.24, 2.45) is 0 Å². The van der Waals surface area contributed by atoms with E-state index in [9.17, 15) is 18.0 Å². The number of nitrogens with one attached hydrogen (secondary N) is 1. The van der Waals surface area contributed by atoms with Gasteiger partial charge in [-0.1, -0.05) is 0 Å². The number of hydrogen-bond acceptors (Lipinski definition) is 3. The Kier molecular flexibility index (Phi) is 4.76. The molecule has 0 spiro atoms. The first-order valence-electron chi connectivity index (χ1n) is 7.15. The van der Waals surface area contributed by atoms with Gasteiger partial charge in [-0.2, -0.15) is 23.4 Å². The molecule has 1 N–H and O–H groups in total. The predicted octanol–water partition coefficient (Wildman–Crippen LogP) is 2.30. The lowest BCUT2D eigenvalue weighted by Gasteiger charge is -2.15. The third-order valence-electron chi connectivity index (χ3n) is 3.44. The van der Waals surface area contributed by atoms with Crippen LogP contribution < -0.4 is 5.32 Å². The summed E-state index contributed by atoms with van der Waals surface area (Å²) < 4.78 is 40.6. The van der Waals surface area contributed by atoms with Crippen molar-refractivity contribution in [3.05, 3.63) is 35.4 Å². The molecule has 1 atom stereocenters. The van der Waals surface area contributed by atoms with E-state index < -0.39 is 17.8 Å². The van der Waals surface area contributed by atoms with Gasteiger partial charge in [0, 0.05) is 18.4 Å². The molecule has 1 unspecified atom stereocenters. The molecule has 0 radical (unpaired) electrons. The Morgan fingerprint density at radius 1 is 1.39 bits per heavy atom. The van der Waals surface area contributed by atoms with Crippen LogP contribution in [0.25, 0.3) is 0 Å². The average Bonchev–Trinajstić information content (AvgIpc) is 3.05. The Balaban J connectivity index is 2.04. The van der Waals surface area contributed by atoms with Gasteiger partial charge in [0.15, 0.2) is 5.69 Å². The number of amides is 1. The van der Waals surface area contributed by atoms with Crippen molar-refractivity contribution in [1.82, 2.24) is 24.9 Å². The summed E-state index contributed by atoms with van der Waals surface area (Å²) in [5.74, 6) is -0.415. The summed E-state index contributed by atoms with van der Waals surface area (Å²) in [5.41, 5.74) is 0.104. The molecule has 0 aromatic carbocycles. The zero-order valence-corrected chi connectivity index (χ0v) is 13.1. The highest BCUT2D eigenvalue weighted by Gasteiger charge is 2.34. The SMILES string of the molecule is CCn1nccc1C(C)NC(=O)Cn1nc(C(F)(F)F)cc1C. The van der Waals surface area contributed by atoms with Crippen LogP contribution in [0, 0.1) is 6.92 Å². The second-order valence-electron chi connectivity index (χ2n) is 5.19. The van der Waals surface area contributed by atoms with Gasteiger partial charge < -0.3 is 5.32 Å². The second-order valence-corrected chi connectivity index (χ2v) is 5.19. The van der Waals surface area contributed by atoms with Crippen molar-refractivity contribution >= 4 is 5.91 Å². The van der Waals surface area contributed by atoms with E-state index in [2.05, 4.69) is 15.5 Å². The van der Waals surface area contributed by atoms with Gasteiger partial charge in [-0.05, 0) is 32.9 Å². The maximum Gasteiger partial charge on any atom is 0.435 e. The molecule has 0 bridgehead atoms. The normalized spacial score (nSPS) is 13.1. The monoisotopic (exact) mass is 329 g/mol. The predicted molar refractivity (Wildman–Crippen MR) is 76.4 cm³/mol. The molecule has 126 valence electrons. The molecule has 2 aromatic heterocycles. The molecule has 6 nitrogen and oxygen atoms in total. The van der Waals surface area contributed by atoms with Crippen LogP contribution in [0.1, 0.15) is 37.0 Å². The van der Waals surface area contributed by atoms with Crippen molar-refractivity contribution in [3.63, 3.8) is 0 Å². The molecule has 0 aliphatic rings. The Bertz CT molecular complexity index is 689. The number of carbonyl (C=O) groups is 1. The number of alkyl halides is 3. The van der Waals surface area contributed by atoms with E-state index in [4.69, 9.17) is 0 Å². The quantitative estimate of drug-likeness (QED) is 0.915. The van der Waals surface area contributed by atoms with Crippen molar-refractivity contribution in [1.29, 1.82) is 0 Å². The smallest absolute Gasteiger partial charge is 0.346 e. The summed E-state index contributed by atoms with van der Waals surface area (Å²) in [7, 11) is 0. The van der Waals surface area contributed by atoms with Gasteiger partial charge in [-0.15, -0.1) is 0 Å². The van der Waals surface area contributed by atoms with Crippen LogP contribution >= 0.6 is 0 Å². The average molecular weight is 329 g/mol. The summed E-state index contributed by atoms with van der Waals surface area (Å²) in [6.07, 6.45) is -2.89. The van der Waals surface area contributed by atoms with Crippen LogP contribution in [0.3, 0.4) is 0 Å². The Hall–Kier alpha value is -2.32. The fourth-order valence-electron chi connectivity index (χ4n) is 2.28. The topological polar surface area (TPSA) is 64.7 Å². The van der Waals surface area contributed by atoms with Crippen LogP contribution in [0.5, 0.6) is 0 Å². The Morgan fingerprint density at radius 3 is 2.65 bits per heavy atom. The lowest BCUT2D eigenvalue weighted by atomic mass is 10.2. The van der Waals surface area contributed by atoms with Gasteiger partial charge in [0.25, 0.3) is 0 Å². The first-order valence-corrected chi connectivity index (χ1v) is 7.15. The van der Waals surface area contributed by atoms with Crippen LogP contribution in [0.2, 0.25) is 0 Å². The van der Waals surface area contributed by atoms with E-state index >= 15 is 0 Å². The zero-order chi connectivity index (χ0) is 17.2. The van der Waals surface area contributed by atoms with Crippen LogP contribution in [-0.4, -0.2) is 25.5 Å². The molecule has 1 amide bonds. The second kappa shape index (κ2) is 6.43. The maximum atomic E-state index is 12.6. The van der Waals surface area contributed by atoms with E-state index in [1.807, 2.05) is 6.92 Å². The van der Waals surface area contributed by atoms with E-state index in [1.165, 1.54) is 6.92 Å². The fourth-order valence-corrected chi connectivity index (χ4v) is 2.28. The maximum absolute atomic E-state index is 12.6. The molecule has 2 rings (SSSR count). The van der Waals surface area contributed by atoms with Gasteiger partial charge in [0.2, 0.25) is 5.91 Å². The molecule has 0 saturated carbocycles. The number of aryl methyl sites for hydroxylation is 2. The van der Waals surface area contributed by atoms with E-state index in [0.29, 0.717) is 6.54 Å². The summed E-state index contributed by atoms with van der Waals surface area (Å²) in [6, 6.07) is 2.40. The molecule has 0 aliphatic carbocycles. The van der Waals surface area contributed by atoms with Gasteiger partial charge >= 0.3 is 6.18 Å². The summed E-state index contributed by atoms with van der Waals surface area (Å²) in [6.45, 7) is 5.59. The van der Waals surface area contributed by atoms with Crippen molar-refractivity contribution < 1.29 is 18.0 Å². The van der Waals surface area contributed by atoms with Crippen LogP contribution in [-0.2, 0) is 24.1 Å². The lowest BCUT2D eigenvalue weighted by molar-refractivity contribution is -0.141. The molecule has 0 saturated heterocycles. The summed E-state index contributed by atoms with van der Waals surface area (Å²) in [4.78, 5) is 12.0. The largest absolute Gasteiger partial charge is 0.435 e.